The molecule has 5 aliphatic rings. The number of carboxylic acids is 2. The highest BCUT2D eigenvalue weighted by molar-refractivity contribution is 14.1. The van der Waals surface area contributed by atoms with Gasteiger partial charge in [-0.05, 0) is 119 Å². The lowest BCUT2D eigenvalue weighted by molar-refractivity contribution is -0.134. The van der Waals surface area contributed by atoms with Crippen LogP contribution in [0.2, 0.25) is 0 Å². The molecule has 4 bridgehead atoms. The van der Waals surface area contributed by atoms with Crippen molar-refractivity contribution in [3.8, 4) is 16.9 Å². The van der Waals surface area contributed by atoms with Crippen LogP contribution in [0.3, 0.4) is 0 Å². The Balaban J connectivity index is 0.000000334. The summed E-state index contributed by atoms with van der Waals surface area (Å²) in [5.74, 6) is -0.776. The summed E-state index contributed by atoms with van der Waals surface area (Å²) in [4.78, 5) is 26.7. The summed E-state index contributed by atoms with van der Waals surface area (Å²) in [6, 6.07) is 22.6. The lowest BCUT2D eigenvalue weighted by atomic mass is 9.86. The first-order valence-electron chi connectivity index (χ1n) is 13.9. The second-order valence-electron chi connectivity index (χ2n) is 11.0. The van der Waals surface area contributed by atoms with Gasteiger partial charge in [-0.25, -0.2) is 9.59 Å². The second-order valence-corrected chi connectivity index (χ2v) is 12.2. The summed E-state index contributed by atoms with van der Waals surface area (Å²) >= 11 is 2.42. The maximum atomic E-state index is 9.55. The van der Waals surface area contributed by atoms with E-state index in [1.54, 1.807) is 0 Å². The minimum atomic E-state index is -1.26. The maximum Gasteiger partial charge on any atom is 0.328 e. The van der Waals surface area contributed by atoms with Gasteiger partial charge in [0.05, 0.1) is 6.67 Å². The number of carbonyl (C=O) groups is 2. The molecule has 5 aliphatic heterocycles. The van der Waals surface area contributed by atoms with E-state index in [1.807, 2.05) is 0 Å². The third-order valence-corrected chi connectivity index (χ3v) is 8.98. The first-order chi connectivity index (χ1) is 19.8. The number of rotatable bonds is 5. The summed E-state index contributed by atoms with van der Waals surface area (Å²) in [6.07, 6.45) is 4.05. The molecule has 0 aromatic heterocycles. The highest BCUT2D eigenvalue weighted by Crippen LogP contribution is 2.40. The Labute approximate surface area is 253 Å². The van der Waals surface area contributed by atoms with Gasteiger partial charge in [-0.3, -0.25) is 4.90 Å². The number of hydrogen-bond donors (Lipinski definition) is 2. The van der Waals surface area contributed by atoms with Crippen molar-refractivity contribution < 1.29 is 24.5 Å². The van der Waals surface area contributed by atoms with Crippen molar-refractivity contribution in [3.05, 3.63) is 87.5 Å². The molecule has 212 valence electrons. The summed E-state index contributed by atoms with van der Waals surface area (Å²) in [5, 5.41) is 15.6. The predicted octanol–water partition coefficient (Wildman–Crippen LogP) is 5.44. The topological polar surface area (TPSA) is 93.5 Å². The lowest BCUT2D eigenvalue weighted by Crippen LogP contribution is -2.52. The standard InChI is InChI=1S/C28H28IN3O.C4H4O4/c29-24-4-8-27-23(14-24)16-32-18-31(27)15-22-13-21(3-7-26(22)32)19-1-5-25(6-2-19)33-28-17-30-11-9-20(28)10-12-30;5-3(6)1-2-4(7)8/h1-8,13-14,20,28H,9-12,15-18H2;1-2H,(H,5,6)(H,7,8). The van der Waals surface area contributed by atoms with E-state index in [1.165, 1.54) is 63.1 Å². The number of nitrogens with zero attached hydrogens (tertiary/aromatic N) is 3. The second kappa shape index (κ2) is 11.7. The predicted molar refractivity (Wildman–Crippen MR) is 166 cm³/mol. The molecule has 3 aromatic rings. The van der Waals surface area contributed by atoms with E-state index in [0.29, 0.717) is 18.3 Å². The van der Waals surface area contributed by atoms with Gasteiger partial charge in [0.2, 0.25) is 0 Å². The number of hydrogen-bond acceptors (Lipinski definition) is 6. The molecule has 9 heteroatoms. The van der Waals surface area contributed by atoms with Crippen molar-refractivity contribution in [2.75, 3.05) is 36.1 Å². The molecule has 3 saturated heterocycles. The van der Waals surface area contributed by atoms with E-state index in [4.69, 9.17) is 14.9 Å². The zero-order chi connectivity index (χ0) is 28.5. The van der Waals surface area contributed by atoms with Gasteiger partial charge in [-0.1, -0.05) is 18.2 Å². The molecule has 41 heavy (non-hydrogen) atoms. The summed E-state index contributed by atoms with van der Waals surface area (Å²) in [5.41, 5.74) is 8.15. The van der Waals surface area contributed by atoms with Crippen LogP contribution >= 0.6 is 22.6 Å². The largest absolute Gasteiger partial charge is 0.489 e. The molecule has 0 radical (unpaired) electrons. The van der Waals surface area contributed by atoms with Crippen molar-refractivity contribution in [3.63, 3.8) is 0 Å². The van der Waals surface area contributed by atoms with Gasteiger partial charge in [-0.15, -0.1) is 0 Å². The number of anilines is 2. The summed E-state index contributed by atoms with van der Waals surface area (Å²) in [7, 11) is 0. The van der Waals surface area contributed by atoms with Crippen molar-refractivity contribution in [2.24, 2.45) is 5.92 Å². The fourth-order valence-electron chi connectivity index (χ4n) is 6.32. The van der Waals surface area contributed by atoms with Gasteiger partial charge >= 0.3 is 11.9 Å². The number of aliphatic carboxylic acids is 2. The average Bonchev–Trinajstić information content (AvgIpc) is 2.97. The van der Waals surface area contributed by atoms with Crippen molar-refractivity contribution in [1.82, 2.24) is 4.90 Å². The third kappa shape index (κ3) is 6.20. The molecule has 2 N–H and O–H groups in total. The van der Waals surface area contributed by atoms with Gasteiger partial charge in [0, 0.05) is 46.7 Å². The molecule has 1 atom stereocenters. The van der Waals surface area contributed by atoms with E-state index in [9.17, 15) is 9.59 Å². The summed E-state index contributed by atoms with van der Waals surface area (Å²) in [6.45, 7) is 6.52. The Hall–Kier alpha value is -3.57. The minimum Gasteiger partial charge on any atom is -0.489 e. The normalized spacial score (nSPS) is 21.9. The Kier molecular flexibility index (Phi) is 7.90. The SMILES string of the molecule is Ic1ccc2c(c1)CN1CN2Cc2cc(-c3ccc(OC4CN5CCC4CC5)cc3)ccc21.O=C(O)C=CC(=O)O. The van der Waals surface area contributed by atoms with Crippen LogP contribution < -0.4 is 14.5 Å². The molecule has 8 rings (SSSR count). The molecule has 0 amide bonds. The molecule has 8 nitrogen and oxygen atoms in total. The highest BCUT2D eigenvalue weighted by Gasteiger charge is 2.35. The van der Waals surface area contributed by atoms with E-state index in [0.717, 1.165) is 38.0 Å². The average molecular weight is 666 g/mol. The van der Waals surface area contributed by atoms with Crippen molar-refractivity contribution in [2.45, 2.75) is 32.0 Å². The molecule has 0 aliphatic carbocycles. The number of fused-ring (bicyclic) bond motifs is 9. The van der Waals surface area contributed by atoms with Gasteiger partial charge in [0.15, 0.2) is 0 Å². The summed E-state index contributed by atoms with van der Waals surface area (Å²) < 4.78 is 7.72. The van der Waals surface area contributed by atoms with Crippen LogP contribution in [-0.2, 0) is 22.7 Å². The molecule has 0 spiro atoms. The van der Waals surface area contributed by atoms with E-state index in [-0.39, 0.29) is 0 Å². The zero-order valence-electron chi connectivity index (χ0n) is 22.6. The van der Waals surface area contributed by atoms with Crippen LogP contribution in [0, 0.1) is 9.49 Å². The van der Waals surface area contributed by atoms with Crippen LogP contribution in [0.4, 0.5) is 11.4 Å². The fourth-order valence-corrected chi connectivity index (χ4v) is 6.87. The van der Waals surface area contributed by atoms with E-state index >= 15 is 0 Å². The van der Waals surface area contributed by atoms with Crippen LogP contribution in [-0.4, -0.2) is 59.5 Å². The number of piperidine rings is 3. The molecular weight excluding hydrogens is 633 g/mol. The van der Waals surface area contributed by atoms with Crippen LogP contribution in [0.25, 0.3) is 11.1 Å². The molecule has 5 heterocycles. The van der Waals surface area contributed by atoms with E-state index in [2.05, 4.69) is 98.0 Å². The Morgan fingerprint density at radius 1 is 0.805 bits per heavy atom. The highest BCUT2D eigenvalue weighted by atomic mass is 127. The Bertz CT molecular complexity index is 1470. The van der Waals surface area contributed by atoms with Crippen LogP contribution in [0.15, 0.2) is 72.8 Å². The lowest BCUT2D eigenvalue weighted by Gasteiger charge is -2.45. The van der Waals surface area contributed by atoms with Crippen LogP contribution in [0.5, 0.6) is 5.75 Å². The smallest absolute Gasteiger partial charge is 0.328 e. The fraction of sp³-hybridized carbons (Fsp3) is 0.312. The third-order valence-electron chi connectivity index (χ3n) is 8.31. The van der Waals surface area contributed by atoms with Crippen LogP contribution in [0.1, 0.15) is 24.0 Å². The molecule has 3 fully saturated rings. The van der Waals surface area contributed by atoms with Gasteiger partial charge < -0.3 is 24.7 Å². The first kappa shape index (κ1) is 27.6. The minimum absolute atomic E-state index is 0.357. The van der Waals surface area contributed by atoms with Gasteiger partial charge in [-0.2, -0.15) is 0 Å². The molecular formula is C32H32IN3O5. The molecule has 0 saturated carbocycles. The first-order valence-corrected chi connectivity index (χ1v) is 14.9. The number of halogens is 1. The number of ether oxygens (including phenoxy) is 1. The number of carboxylic acid groups (broad SMARTS) is 2. The van der Waals surface area contributed by atoms with Gasteiger partial charge in [0.1, 0.15) is 11.9 Å². The Morgan fingerprint density at radius 2 is 1.39 bits per heavy atom. The van der Waals surface area contributed by atoms with Crippen molar-refractivity contribution in [1.29, 1.82) is 0 Å². The molecule has 1 unspecified atom stereocenters. The quantitative estimate of drug-likeness (QED) is 0.275. The maximum absolute atomic E-state index is 9.55. The van der Waals surface area contributed by atoms with E-state index < -0.39 is 11.9 Å². The monoisotopic (exact) mass is 665 g/mol. The van der Waals surface area contributed by atoms with Crippen molar-refractivity contribution >= 4 is 45.9 Å². The zero-order valence-corrected chi connectivity index (χ0v) is 24.7. The number of benzene rings is 3. The van der Waals surface area contributed by atoms with Gasteiger partial charge in [0.25, 0.3) is 0 Å². The Morgan fingerprint density at radius 3 is 1.98 bits per heavy atom. The molecule has 3 aromatic carbocycles.